The number of nitrogens with two attached hydrogens (primary N) is 1. The van der Waals surface area contributed by atoms with Gasteiger partial charge in [-0.3, -0.25) is 4.79 Å². The fourth-order valence-electron chi connectivity index (χ4n) is 3.13. The molecule has 0 atom stereocenters. The van der Waals surface area contributed by atoms with E-state index in [0.29, 0.717) is 11.1 Å². The number of nitrogens with one attached hydrogen (secondary N) is 1. The van der Waals surface area contributed by atoms with E-state index >= 15 is 0 Å². The van der Waals surface area contributed by atoms with Gasteiger partial charge in [-0.2, -0.15) is 0 Å². The van der Waals surface area contributed by atoms with Gasteiger partial charge in [0.15, 0.2) is 0 Å². The van der Waals surface area contributed by atoms with Crippen LogP contribution in [0.1, 0.15) is 29.8 Å². The third-order valence-corrected chi connectivity index (χ3v) is 5.23. The lowest BCUT2D eigenvalue weighted by Gasteiger charge is -2.16. The Labute approximate surface area is 167 Å². The van der Waals surface area contributed by atoms with Gasteiger partial charge in [0.25, 0.3) is 5.91 Å². The number of carbonyl (C=O) groups excluding carboxylic acids is 1. The molecule has 0 aliphatic carbocycles. The predicted octanol–water partition coefficient (Wildman–Crippen LogP) is 3.34. The predicted molar refractivity (Wildman–Crippen MR) is 107 cm³/mol. The largest absolute Gasteiger partial charge is 0.489 e. The highest BCUT2D eigenvalue weighted by molar-refractivity contribution is 7.89. The summed E-state index contributed by atoms with van der Waals surface area (Å²) in [6, 6.07) is 6.90. The van der Waals surface area contributed by atoms with Crippen LogP contribution >= 0.6 is 0 Å². The number of halogens is 1. The van der Waals surface area contributed by atoms with Gasteiger partial charge in [0.2, 0.25) is 10.0 Å². The molecule has 0 unspecified atom stereocenters. The second kappa shape index (κ2) is 7.49. The van der Waals surface area contributed by atoms with Crippen molar-refractivity contribution in [3.63, 3.8) is 0 Å². The molecule has 3 rings (SSSR count). The van der Waals surface area contributed by atoms with Crippen molar-refractivity contribution in [2.24, 2.45) is 5.14 Å². The van der Waals surface area contributed by atoms with Crippen LogP contribution in [0.4, 0.5) is 4.39 Å². The minimum Gasteiger partial charge on any atom is -0.489 e. The Morgan fingerprint density at radius 2 is 1.86 bits per heavy atom. The van der Waals surface area contributed by atoms with Crippen molar-refractivity contribution in [2.75, 3.05) is 7.05 Å². The van der Waals surface area contributed by atoms with E-state index in [1.807, 2.05) is 0 Å². The maximum atomic E-state index is 13.4. The molecule has 0 bridgehead atoms. The summed E-state index contributed by atoms with van der Waals surface area (Å²) >= 11 is 0. The minimum absolute atomic E-state index is 0.0208. The Kier molecular flexibility index (Phi) is 5.38. The Balaban J connectivity index is 2.51. The maximum Gasteiger partial charge on any atom is 0.255 e. The molecule has 0 radical (unpaired) electrons. The van der Waals surface area contributed by atoms with E-state index in [-0.39, 0.29) is 39.0 Å². The van der Waals surface area contributed by atoms with Crippen molar-refractivity contribution in [1.82, 2.24) is 5.32 Å². The number of aryl methyl sites for hydroxylation is 1. The molecule has 7 nitrogen and oxygen atoms in total. The van der Waals surface area contributed by atoms with Gasteiger partial charge in [0.05, 0.1) is 17.1 Å². The second-order valence-corrected chi connectivity index (χ2v) is 8.33. The van der Waals surface area contributed by atoms with E-state index in [0.717, 1.165) is 0 Å². The van der Waals surface area contributed by atoms with Crippen LogP contribution < -0.4 is 15.2 Å². The Bertz CT molecular complexity index is 1200. The molecule has 1 heterocycles. The lowest BCUT2D eigenvalue weighted by molar-refractivity contribution is 0.0964. The summed E-state index contributed by atoms with van der Waals surface area (Å²) in [7, 11) is -2.88. The number of amides is 1. The third-order valence-electron chi connectivity index (χ3n) is 4.27. The number of benzene rings is 2. The number of fused-ring (bicyclic) bond motifs is 1. The molecule has 0 saturated carbocycles. The quantitative estimate of drug-likeness (QED) is 0.658. The first kappa shape index (κ1) is 20.8. The standard InChI is InChI=1S/C20H21FN2O5S/c1-10(2)27-17-11(3)9-14-15(19(17)29(22,25)26)16(20(24)23-4)18(28-14)12-5-7-13(21)8-6-12/h5-10H,1-4H3,(H,23,24)(H2,22,25,26). The molecule has 0 aliphatic heterocycles. The average molecular weight is 420 g/mol. The zero-order valence-corrected chi connectivity index (χ0v) is 17.2. The maximum absolute atomic E-state index is 13.4. The lowest BCUT2D eigenvalue weighted by Crippen LogP contribution is -2.21. The molecule has 3 aromatic rings. The van der Waals surface area contributed by atoms with Crippen LogP contribution in [0.2, 0.25) is 0 Å². The van der Waals surface area contributed by atoms with Gasteiger partial charge in [-0.15, -0.1) is 0 Å². The Morgan fingerprint density at radius 1 is 1.24 bits per heavy atom. The number of furan rings is 1. The van der Waals surface area contributed by atoms with Gasteiger partial charge in [0, 0.05) is 12.6 Å². The number of hydrogen-bond donors (Lipinski definition) is 2. The first-order chi connectivity index (χ1) is 13.5. The fraction of sp³-hybridized carbons (Fsp3) is 0.250. The molecule has 0 aliphatic rings. The molecular formula is C20H21FN2O5S. The summed E-state index contributed by atoms with van der Waals surface area (Å²) in [6.45, 7) is 5.15. The normalized spacial score (nSPS) is 11.8. The summed E-state index contributed by atoms with van der Waals surface area (Å²) in [5.41, 5.74) is 1.02. The van der Waals surface area contributed by atoms with Gasteiger partial charge in [-0.05, 0) is 56.7 Å². The molecule has 0 fully saturated rings. The average Bonchev–Trinajstić information content (AvgIpc) is 2.99. The number of primary sulfonamides is 1. The lowest BCUT2D eigenvalue weighted by atomic mass is 10.0. The number of rotatable bonds is 5. The first-order valence-electron chi connectivity index (χ1n) is 8.82. The van der Waals surface area contributed by atoms with E-state index < -0.39 is 21.7 Å². The molecule has 3 N–H and O–H groups in total. The van der Waals surface area contributed by atoms with Crippen molar-refractivity contribution < 1.29 is 26.8 Å². The van der Waals surface area contributed by atoms with E-state index in [4.69, 9.17) is 14.3 Å². The molecular weight excluding hydrogens is 399 g/mol. The van der Waals surface area contributed by atoms with Crippen LogP contribution in [0.3, 0.4) is 0 Å². The number of hydrogen-bond acceptors (Lipinski definition) is 5. The molecule has 154 valence electrons. The van der Waals surface area contributed by atoms with Crippen LogP contribution in [-0.4, -0.2) is 27.5 Å². The van der Waals surface area contributed by atoms with E-state index in [9.17, 15) is 17.6 Å². The highest BCUT2D eigenvalue weighted by atomic mass is 32.2. The van der Waals surface area contributed by atoms with Crippen molar-refractivity contribution >= 4 is 26.9 Å². The molecule has 1 amide bonds. The van der Waals surface area contributed by atoms with Gasteiger partial charge < -0.3 is 14.5 Å². The zero-order valence-electron chi connectivity index (χ0n) is 16.4. The monoisotopic (exact) mass is 420 g/mol. The van der Waals surface area contributed by atoms with Gasteiger partial charge in [0.1, 0.15) is 27.8 Å². The first-order valence-corrected chi connectivity index (χ1v) is 10.4. The molecule has 0 spiro atoms. The summed E-state index contributed by atoms with van der Waals surface area (Å²) in [4.78, 5) is 12.4. The van der Waals surface area contributed by atoms with Gasteiger partial charge >= 0.3 is 0 Å². The van der Waals surface area contributed by atoms with E-state index in [1.165, 1.54) is 31.3 Å². The highest BCUT2D eigenvalue weighted by Crippen LogP contribution is 2.42. The van der Waals surface area contributed by atoms with Crippen molar-refractivity contribution in [1.29, 1.82) is 0 Å². The Hall–Kier alpha value is -2.91. The number of carbonyl (C=O) groups is 1. The Morgan fingerprint density at radius 3 is 2.38 bits per heavy atom. The molecule has 9 heteroatoms. The van der Waals surface area contributed by atoms with E-state index in [1.54, 1.807) is 26.8 Å². The van der Waals surface area contributed by atoms with Crippen LogP contribution in [0.15, 0.2) is 39.6 Å². The molecule has 1 aromatic heterocycles. The van der Waals surface area contributed by atoms with Crippen LogP contribution in [0.5, 0.6) is 5.75 Å². The summed E-state index contributed by atoms with van der Waals surface area (Å²) in [5, 5.41) is 8.02. The molecule has 2 aromatic carbocycles. The summed E-state index contributed by atoms with van der Waals surface area (Å²) in [5.74, 6) is -0.871. The highest BCUT2D eigenvalue weighted by Gasteiger charge is 2.31. The zero-order chi connectivity index (χ0) is 21.5. The van der Waals surface area contributed by atoms with Crippen LogP contribution in [0.25, 0.3) is 22.3 Å². The third kappa shape index (κ3) is 3.83. The fourth-order valence-corrected chi connectivity index (χ4v) is 4.09. The smallest absolute Gasteiger partial charge is 0.255 e. The molecule has 0 saturated heterocycles. The number of ether oxygens (including phenoxy) is 1. The minimum atomic E-state index is -4.29. The summed E-state index contributed by atoms with van der Waals surface area (Å²) in [6.07, 6.45) is -0.335. The number of sulfonamides is 1. The molecule has 29 heavy (non-hydrogen) atoms. The van der Waals surface area contributed by atoms with Crippen LogP contribution in [-0.2, 0) is 10.0 Å². The van der Waals surface area contributed by atoms with Gasteiger partial charge in [-0.1, -0.05) is 0 Å². The van der Waals surface area contributed by atoms with Crippen molar-refractivity contribution in [3.8, 4) is 17.1 Å². The van der Waals surface area contributed by atoms with Crippen LogP contribution in [0, 0.1) is 12.7 Å². The van der Waals surface area contributed by atoms with Crippen molar-refractivity contribution in [3.05, 3.63) is 47.3 Å². The van der Waals surface area contributed by atoms with Gasteiger partial charge in [-0.25, -0.2) is 17.9 Å². The van der Waals surface area contributed by atoms with E-state index in [2.05, 4.69) is 5.32 Å². The van der Waals surface area contributed by atoms with Crippen molar-refractivity contribution in [2.45, 2.75) is 31.8 Å². The SMILES string of the molecule is CNC(=O)c1c(-c2ccc(F)cc2)oc2cc(C)c(OC(C)C)c(S(N)(=O)=O)c12. The topological polar surface area (TPSA) is 112 Å². The second-order valence-electron chi connectivity index (χ2n) is 6.83. The summed E-state index contributed by atoms with van der Waals surface area (Å²) < 4.78 is 50.0.